The van der Waals surface area contributed by atoms with Crippen LogP contribution in [0.15, 0.2) is 54.6 Å². The number of nitro benzene ring substituents is 1. The van der Waals surface area contributed by atoms with Gasteiger partial charge in [0.25, 0.3) is 5.69 Å². The number of hydrogen-bond acceptors (Lipinski definition) is 3. The van der Waals surface area contributed by atoms with E-state index in [1.807, 2.05) is 30.3 Å². The van der Waals surface area contributed by atoms with Gasteiger partial charge in [-0.1, -0.05) is 30.3 Å². The zero-order chi connectivity index (χ0) is 14.4. The lowest BCUT2D eigenvalue weighted by molar-refractivity contribution is -0.384. The molecule has 0 radical (unpaired) electrons. The van der Waals surface area contributed by atoms with E-state index in [0.717, 1.165) is 5.56 Å². The summed E-state index contributed by atoms with van der Waals surface area (Å²) in [7, 11) is 0. The molecular formula is C15H14ClNO3. The van der Waals surface area contributed by atoms with Gasteiger partial charge in [-0.05, 0) is 17.7 Å². The molecule has 0 spiro atoms. The maximum atomic E-state index is 10.5. The van der Waals surface area contributed by atoms with E-state index in [2.05, 4.69) is 0 Å². The van der Waals surface area contributed by atoms with Gasteiger partial charge in [-0.25, -0.2) is 0 Å². The number of halogens is 1. The summed E-state index contributed by atoms with van der Waals surface area (Å²) in [6.07, 6.45) is 0.669. The molecule has 0 bridgehead atoms. The van der Waals surface area contributed by atoms with Crippen LogP contribution >= 0.6 is 11.6 Å². The number of nitro groups is 1. The Labute approximate surface area is 122 Å². The van der Waals surface area contributed by atoms with Crippen molar-refractivity contribution in [3.63, 3.8) is 0 Å². The average molecular weight is 292 g/mol. The van der Waals surface area contributed by atoms with Gasteiger partial charge in [0.1, 0.15) is 5.75 Å². The van der Waals surface area contributed by atoms with E-state index in [9.17, 15) is 10.1 Å². The second-order valence-electron chi connectivity index (χ2n) is 4.27. The van der Waals surface area contributed by atoms with Crippen LogP contribution in [0.25, 0.3) is 0 Å². The van der Waals surface area contributed by atoms with Crippen LogP contribution in [0.2, 0.25) is 0 Å². The molecule has 0 saturated heterocycles. The van der Waals surface area contributed by atoms with E-state index in [0.29, 0.717) is 18.8 Å². The molecule has 0 fully saturated rings. The Morgan fingerprint density at radius 3 is 2.35 bits per heavy atom. The van der Waals surface area contributed by atoms with E-state index in [-0.39, 0.29) is 11.1 Å². The Morgan fingerprint density at radius 2 is 1.75 bits per heavy atom. The van der Waals surface area contributed by atoms with Crippen molar-refractivity contribution in [1.29, 1.82) is 0 Å². The van der Waals surface area contributed by atoms with Crippen LogP contribution in [0.1, 0.15) is 17.4 Å². The molecule has 0 N–H and O–H groups in total. The predicted molar refractivity (Wildman–Crippen MR) is 78.2 cm³/mol. The Balaban J connectivity index is 1.82. The molecule has 0 aliphatic carbocycles. The fraction of sp³-hybridized carbons (Fsp3) is 0.200. The van der Waals surface area contributed by atoms with Gasteiger partial charge >= 0.3 is 0 Å². The van der Waals surface area contributed by atoms with Crippen molar-refractivity contribution < 1.29 is 9.66 Å². The monoisotopic (exact) mass is 291 g/mol. The summed E-state index contributed by atoms with van der Waals surface area (Å²) in [5.41, 5.74) is 1.11. The minimum atomic E-state index is -0.437. The molecule has 1 unspecified atom stereocenters. The van der Waals surface area contributed by atoms with E-state index in [1.165, 1.54) is 12.1 Å². The van der Waals surface area contributed by atoms with Gasteiger partial charge in [-0.3, -0.25) is 10.1 Å². The molecule has 20 heavy (non-hydrogen) atoms. The molecule has 4 nitrogen and oxygen atoms in total. The summed E-state index contributed by atoms with van der Waals surface area (Å²) < 4.78 is 5.53. The van der Waals surface area contributed by atoms with Crippen molar-refractivity contribution in [3.05, 3.63) is 70.3 Å². The van der Waals surface area contributed by atoms with Crippen LogP contribution in [-0.2, 0) is 0 Å². The van der Waals surface area contributed by atoms with Crippen LogP contribution in [0.3, 0.4) is 0 Å². The number of ether oxygens (including phenoxy) is 1. The Morgan fingerprint density at radius 1 is 1.10 bits per heavy atom. The molecule has 2 aromatic rings. The van der Waals surface area contributed by atoms with Gasteiger partial charge in [-0.15, -0.1) is 11.6 Å². The highest BCUT2D eigenvalue weighted by molar-refractivity contribution is 6.20. The number of nitrogens with zero attached hydrogens (tertiary/aromatic N) is 1. The van der Waals surface area contributed by atoms with Gasteiger partial charge in [-0.2, -0.15) is 0 Å². The maximum Gasteiger partial charge on any atom is 0.269 e. The summed E-state index contributed by atoms with van der Waals surface area (Å²) in [5, 5.41) is 10.4. The predicted octanol–water partition coefficient (Wildman–Crippen LogP) is 4.34. The fourth-order valence-electron chi connectivity index (χ4n) is 1.77. The smallest absolute Gasteiger partial charge is 0.269 e. The highest BCUT2D eigenvalue weighted by atomic mass is 35.5. The normalized spacial score (nSPS) is 11.8. The summed E-state index contributed by atoms with van der Waals surface area (Å²) in [5.74, 6) is 0.604. The molecule has 2 aromatic carbocycles. The van der Waals surface area contributed by atoms with Gasteiger partial charge in [0.05, 0.1) is 16.9 Å². The number of hydrogen-bond donors (Lipinski definition) is 0. The summed E-state index contributed by atoms with van der Waals surface area (Å²) in [4.78, 5) is 10.1. The lowest BCUT2D eigenvalue weighted by Gasteiger charge is -2.11. The molecular weight excluding hydrogens is 278 g/mol. The van der Waals surface area contributed by atoms with Crippen molar-refractivity contribution in [2.24, 2.45) is 0 Å². The second-order valence-corrected chi connectivity index (χ2v) is 4.79. The molecule has 0 heterocycles. The van der Waals surface area contributed by atoms with Crippen LogP contribution in [-0.4, -0.2) is 11.5 Å². The first-order valence-corrected chi connectivity index (χ1v) is 6.67. The van der Waals surface area contributed by atoms with Gasteiger partial charge in [0.2, 0.25) is 0 Å². The highest BCUT2D eigenvalue weighted by Gasteiger charge is 2.08. The van der Waals surface area contributed by atoms with Gasteiger partial charge in [0.15, 0.2) is 0 Å². The van der Waals surface area contributed by atoms with Crippen molar-refractivity contribution in [1.82, 2.24) is 0 Å². The molecule has 0 aromatic heterocycles. The number of rotatable bonds is 6. The van der Waals surface area contributed by atoms with E-state index in [4.69, 9.17) is 16.3 Å². The van der Waals surface area contributed by atoms with Crippen molar-refractivity contribution in [2.45, 2.75) is 11.8 Å². The fourth-order valence-corrected chi connectivity index (χ4v) is 2.01. The second kappa shape index (κ2) is 6.91. The highest BCUT2D eigenvalue weighted by Crippen LogP contribution is 2.24. The molecule has 0 amide bonds. The summed E-state index contributed by atoms with van der Waals surface area (Å²) >= 11 is 6.27. The van der Waals surface area contributed by atoms with Gasteiger partial charge in [0, 0.05) is 18.6 Å². The molecule has 2 rings (SSSR count). The van der Waals surface area contributed by atoms with E-state index in [1.54, 1.807) is 12.1 Å². The topological polar surface area (TPSA) is 52.4 Å². The standard InChI is InChI=1S/C15H14ClNO3/c16-15(12-4-2-1-3-5-12)10-11-20-14-8-6-13(7-9-14)17(18)19/h1-9,15H,10-11H2. The van der Waals surface area contributed by atoms with E-state index >= 15 is 0 Å². The summed E-state index contributed by atoms with van der Waals surface area (Å²) in [6.45, 7) is 0.459. The minimum absolute atomic E-state index is 0.0526. The molecule has 1 atom stereocenters. The molecule has 5 heteroatoms. The van der Waals surface area contributed by atoms with Crippen LogP contribution in [0.4, 0.5) is 5.69 Å². The first-order chi connectivity index (χ1) is 9.66. The first kappa shape index (κ1) is 14.3. The average Bonchev–Trinajstić information content (AvgIpc) is 2.48. The number of alkyl halides is 1. The lowest BCUT2D eigenvalue weighted by Crippen LogP contribution is -2.01. The zero-order valence-corrected chi connectivity index (χ0v) is 11.5. The van der Waals surface area contributed by atoms with Crippen molar-refractivity contribution >= 4 is 17.3 Å². The third-order valence-electron chi connectivity index (χ3n) is 2.85. The van der Waals surface area contributed by atoms with Crippen molar-refractivity contribution in [3.8, 4) is 5.75 Å². The number of benzene rings is 2. The first-order valence-electron chi connectivity index (χ1n) is 6.23. The third kappa shape index (κ3) is 3.96. The lowest BCUT2D eigenvalue weighted by atomic mass is 10.1. The Hall–Kier alpha value is -2.07. The molecule has 104 valence electrons. The molecule has 0 aliphatic rings. The zero-order valence-electron chi connectivity index (χ0n) is 10.7. The maximum absolute atomic E-state index is 10.5. The van der Waals surface area contributed by atoms with Crippen LogP contribution < -0.4 is 4.74 Å². The molecule has 0 saturated carbocycles. The largest absolute Gasteiger partial charge is 0.494 e. The number of non-ortho nitro benzene ring substituents is 1. The molecule has 0 aliphatic heterocycles. The van der Waals surface area contributed by atoms with E-state index < -0.39 is 4.92 Å². The van der Waals surface area contributed by atoms with Crippen LogP contribution in [0.5, 0.6) is 5.75 Å². The van der Waals surface area contributed by atoms with Crippen LogP contribution in [0, 0.1) is 10.1 Å². The quantitative estimate of drug-likeness (QED) is 0.452. The van der Waals surface area contributed by atoms with Crippen molar-refractivity contribution in [2.75, 3.05) is 6.61 Å². The Bertz CT molecular complexity index is 557. The third-order valence-corrected chi connectivity index (χ3v) is 3.32. The SMILES string of the molecule is O=[N+]([O-])c1ccc(OCCC(Cl)c2ccccc2)cc1. The summed E-state index contributed by atoms with van der Waals surface area (Å²) in [6, 6.07) is 15.8. The Kier molecular flexibility index (Phi) is 4.96. The minimum Gasteiger partial charge on any atom is -0.494 e. The van der Waals surface area contributed by atoms with Gasteiger partial charge < -0.3 is 4.74 Å².